The second-order valence-corrected chi connectivity index (χ2v) is 11.7. The van der Waals surface area contributed by atoms with E-state index in [9.17, 15) is 22.8 Å². The average molecular weight is 566 g/mol. The normalized spacial score (nSPS) is 25.1. The molecule has 218 valence electrons. The van der Waals surface area contributed by atoms with Gasteiger partial charge in [-0.15, -0.1) is 0 Å². The number of benzene rings is 2. The molecule has 1 aliphatic heterocycles. The highest BCUT2D eigenvalue weighted by Crippen LogP contribution is 2.41. The molecule has 8 heteroatoms. The fourth-order valence-corrected chi connectivity index (χ4v) is 6.43. The van der Waals surface area contributed by atoms with E-state index in [2.05, 4.69) is 10.6 Å². The zero-order valence-corrected chi connectivity index (χ0v) is 23.6. The molecule has 2 fully saturated rings. The first kappa shape index (κ1) is 29.0. The van der Waals surface area contributed by atoms with E-state index in [4.69, 9.17) is 0 Å². The maximum absolute atomic E-state index is 15.0. The number of halogens is 3. The van der Waals surface area contributed by atoms with Gasteiger partial charge in [0.15, 0.2) is 0 Å². The second-order valence-electron chi connectivity index (χ2n) is 11.7. The molecule has 2 aromatic rings. The number of amides is 2. The highest BCUT2D eigenvalue weighted by molar-refractivity contribution is 5.94. The van der Waals surface area contributed by atoms with E-state index >= 15 is 0 Å². The van der Waals surface area contributed by atoms with Crippen LogP contribution in [0.4, 0.5) is 24.5 Å². The molecule has 1 heterocycles. The zero-order chi connectivity index (χ0) is 29.1. The van der Waals surface area contributed by atoms with Gasteiger partial charge in [0.1, 0.15) is 5.83 Å². The first-order chi connectivity index (χ1) is 19.6. The van der Waals surface area contributed by atoms with Crippen LogP contribution in [0.5, 0.6) is 0 Å². The molecule has 0 spiro atoms. The molecule has 0 bridgehead atoms. The summed E-state index contributed by atoms with van der Waals surface area (Å²) in [4.78, 5) is 29.3. The van der Waals surface area contributed by atoms with Gasteiger partial charge < -0.3 is 15.5 Å². The van der Waals surface area contributed by atoms with E-state index in [1.807, 2.05) is 37.3 Å². The number of hydrogen-bond acceptors (Lipinski definition) is 3. The molecule has 2 amide bonds. The van der Waals surface area contributed by atoms with Crippen molar-refractivity contribution >= 4 is 23.2 Å². The van der Waals surface area contributed by atoms with E-state index in [0.717, 1.165) is 31.0 Å². The summed E-state index contributed by atoms with van der Waals surface area (Å²) in [6.07, 6.45) is 10.5. The maximum atomic E-state index is 15.0. The topological polar surface area (TPSA) is 61.4 Å². The van der Waals surface area contributed by atoms with Crippen molar-refractivity contribution in [3.8, 4) is 0 Å². The number of nitrogens with zero attached hydrogens (tertiary/aromatic N) is 1. The number of alkyl halides is 2. The maximum Gasteiger partial charge on any atom is 0.270 e. The van der Waals surface area contributed by atoms with Crippen molar-refractivity contribution in [2.45, 2.75) is 70.4 Å². The summed E-state index contributed by atoms with van der Waals surface area (Å²) >= 11 is 0. The summed E-state index contributed by atoms with van der Waals surface area (Å²) < 4.78 is 42.9. The predicted octanol–water partition coefficient (Wildman–Crippen LogP) is 7.75. The van der Waals surface area contributed by atoms with Crippen molar-refractivity contribution in [2.24, 2.45) is 17.8 Å². The third kappa shape index (κ3) is 6.52. The number of carbonyl (C=O) groups excluding carboxylic acids is 2. The number of hydrogen-bond donors (Lipinski definition) is 2. The highest BCUT2D eigenvalue weighted by Gasteiger charge is 2.43. The lowest BCUT2D eigenvalue weighted by Gasteiger charge is -2.43. The van der Waals surface area contributed by atoms with Crippen molar-refractivity contribution in [3.63, 3.8) is 0 Å². The van der Waals surface area contributed by atoms with Crippen molar-refractivity contribution in [3.05, 3.63) is 83.7 Å². The molecule has 4 atom stereocenters. The van der Waals surface area contributed by atoms with Gasteiger partial charge in [0.25, 0.3) is 5.92 Å². The molecule has 1 saturated carbocycles. The lowest BCUT2D eigenvalue weighted by Crippen LogP contribution is -2.49. The minimum atomic E-state index is -3.05. The summed E-state index contributed by atoms with van der Waals surface area (Å²) in [6.45, 7) is 3.02. The van der Waals surface area contributed by atoms with Crippen molar-refractivity contribution in [2.75, 3.05) is 17.2 Å². The van der Waals surface area contributed by atoms with Crippen LogP contribution in [0.1, 0.15) is 69.5 Å². The average Bonchev–Trinajstić information content (AvgIpc) is 3.46. The Morgan fingerprint density at radius 1 is 0.976 bits per heavy atom. The largest absolute Gasteiger partial charge is 0.382 e. The zero-order valence-electron chi connectivity index (χ0n) is 23.6. The van der Waals surface area contributed by atoms with Crippen molar-refractivity contribution < 1.29 is 22.8 Å². The molecule has 41 heavy (non-hydrogen) atoms. The molecular formula is C33H38F3N3O2. The van der Waals surface area contributed by atoms with Crippen molar-refractivity contribution in [1.29, 1.82) is 0 Å². The third-order valence-corrected chi connectivity index (χ3v) is 8.63. The van der Waals surface area contributed by atoms with Crippen LogP contribution in [-0.2, 0) is 15.5 Å². The van der Waals surface area contributed by atoms with Crippen LogP contribution in [0.15, 0.2) is 72.6 Å². The molecule has 1 saturated heterocycles. The molecule has 0 aromatic heterocycles. The lowest BCUT2D eigenvalue weighted by molar-refractivity contribution is -0.143. The summed E-state index contributed by atoms with van der Waals surface area (Å²) in [5.74, 6) is -6.15. The Hall–Kier alpha value is -3.55. The van der Waals surface area contributed by atoms with Crippen LogP contribution in [0.2, 0.25) is 0 Å². The van der Waals surface area contributed by atoms with E-state index in [-0.39, 0.29) is 29.0 Å². The van der Waals surface area contributed by atoms with Crippen LogP contribution >= 0.6 is 0 Å². The number of likely N-dealkylation sites (tertiary alicyclic amines) is 1. The summed E-state index contributed by atoms with van der Waals surface area (Å²) in [6, 6.07) is 13.3. The van der Waals surface area contributed by atoms with E-state index in [0.29, 0.717) is 25.4 Å². The molecule has 0 radical (unpaired) electrons. The molecule has 2 aromatic carbocycles. The quantitative estimate of drug-likeness (QED) is 0.361. The second kappa shape index (κ2) is 12.1. The Morgan fingerprint density at radius 2 is 1.71 bits per heavy atom. The molecule has 3 unspecified atom stereocenters. The van der Waals surface area contributed by atoms with Gasteiger partial charge in [-0.25, -0.2) is 13.2 Å². The molecular weight excluding hydrogens is 527 g/mol. The van der Waals surface area contributed by atoms with Gasteiger partial charge >= 0.3 is 0 Å². The minimum absolute atomic E-state index is 0.195. The molecule has 5 nitrogen and oxygen atoms in total. The summed E-state index contributed by atoms with van der Waals surface area (Å²) in [5, 5.41) is 6.39. The third-order valence-electron chi connectivity index (χ3n) is 8.63. The summed E-state index contributed by atoms with van der Waals surface area (Å²) in [5.41, 5.74) is 1.84. The van der Waals surface area contributed by atoms with Crippen LogP contribution < -0.4 is 10.6 Å². The van der Waals surface area contributed by atoms with Gasteiger partial charge in [-0.3, -0.25) is 9.59 Å². The van der Waals surface area contributed by atoms with Gasteiger partial charge in [-0.2, -0.15) is 0 Å². The predicted molar refractivity (Wildman–Crippen MR) is 155 cm³/mol. The fourth-order valence-electron chi connectivity index (χ4n) is 6.43. The SMILES string of the molecule is CC1C=CC=C(F)[C@@H]1C(=O)N1CCCC(C(=O)Nc2cccc(C(C)(F)F)c2)C1c1ccc(NC2CCCC2)cc1. The Labute approximate surface area is 239 Å². The Balaban J connectivity index is 1.44. The Kier molecular flexibility index (Phi) is 8.57. The van der Waals surface area contributed by atoms with Gasteiger partial charge in [0.2, 0.25) is 11.8 Å². The number of allylic oxidation sites excluding steroid dienone is 3. The molecule has 2 aliphatic carbocycles. The number of carbonyl (C=O) groups is 2. The standard InChI is InChI=1S/C33H38F3N3O2/c1-21-8-5-14-28(34)29(21)32(41)39-19-7-13-27(31(40)38-26-12-6-9-23(20-26)33(2,35)36)30(39)22-15-17-25(18-16-22)37-24-10-3-4-11-24/h5-6,8-9,12,14-18,20-21,24,27,29-30,37H,3-4,7,10-11,13,19H2,1-2H3,(H,38,40)/t21?,27?,29-,30?/m1/s1. The van der Waals surface area contributed by atoms with Crippen LogP contribution in [0, 0.1) is 17.8 Å². The van der Waals surface area contributed by atoms with E-state index in [1.54, 1.807) is 17.0 Å². The lowest BCUT2D eigenvalue weighted by atomic mass is 9.81. The summed E-state index contributed by atoms with van der Waals surface area (Å²) in [7, 11) is 0. The number of rotatable bonds is 7. The van der Waals surface area contributed by atoms with E-state index in [1.165, 1.54) is 37.1 Å². The molecule has 5 rings (SSSR count). The van der Waals surface area contributed by atoms with Gasteiger partial charge in [-0.1, -0.05) is 56.2 Å². The van der Waals surface area contributed by atoms with Gasteiger partial charge in [0, 0.05) is 36.4 Å². The van der Waals surface area contributed by atoms with Gasteiger partial charge in [0.05, 0.1) is 17.9 Å². The van der Waals surface area contributed by atoms with Crippen molar-refractivity contribution in [1.82, 2.24) is 4.90 Å². The molecule has 3 aliphatic rings. The Bertz CT molecular complexity index is 1310. The first-order valence-electron chi connectivity index (χ1n) is 14.6. The van der Waals surface area contributed by atoms with Crippen LogP contribution in [0.3, 0.4) is 0 Å². The van der Waals surface area contributed by atoms with Crippen LogP contribution in [0.25, 0.3) is 0 Å². The Morgan fingerprint density at radius 3 is 2.39 bits per heavy atom. The number of nitrogens with one attached hydrogen (secondary N) is 2. The number of anilines is 2. The van der Waals surface area contributed by atoms with Crippen LogP contribution in [-0.4, -0.2) is 29.3 Å². The van der Waals surface area contributed by atoms with Gasteiger partial charge in [-0.05, 0) is 67.5 Å². The highest BCUT2D eigenvalue weighted by atomic mass is 19.3. The van der Waals surface area contributed by atoms with E-state index < -0.39 is 29.6 Å². The smallest absolute Gasteiger partial charge is 0.270 e. The monoisotopic (exact) mass is 565 g/mol. The fraction of sp³-hybridized carbons (Fsp3) is 0.455. The minimum Gasteiger partial charge on any atom is -0.382 e. The first-order valence-corrected chi connectivity index (χ1v) is 14.6. The number of piperidine rings is 1. The molecule has 2 N–H and O–H groups in total.